The van der Waals surface area contributed by atoms with Crippen LogP contribution in [-0.2, 0) is 0 Å². The van der Waals surface area contributed by atoms with E-state index < -0.39 is 48.3 Å². The first-order valence-corrected chi connectivity index (χ1v) is 13.8. The van der Waals surface area contributed by atoms with Crippen molar-refractivity contribution in [1.82, 2.24) is 0 Å². The monoisotopic (exact) mass is 558 g/mol. The second-order valence-electron chi connectivity index (χ2n) is 10.4. The van der Waals surface area contributed by atoms with Gasteiger partial charge >= 0.3 is 0 Å². The molecule has 1 heterocycles. The van der Waals surface area contributed by atoms with Gasteiger partial charge in [0.2, 0.25) is 0 Å². The van der Waals surface area contributed by atoms with Gasteiger partial charge in [-0.1, -0.05) is 133 Å². The van der Waals surface area contributed by atoms with Crippen LogP contribution in [0.25, 0.3) is 87.6 Å². The fourth-order valence-electron chi connectivity index (χ4n) is 6.19. The topological polar surface area (TPSA) is 13.1 Å². The zero-order valence-electron chi connectivity index (χ0n) is 34.5. The van der Waals surface area contributed by atoms with Crippen molar-refractivity contribution >= 4 is 54.3 Å². The van der Waals surface area contributed by atoms with Gasteiger partial charge in [0.25, 0.3) is 0 Å². The van der Waals surface area contributed by atoms with E-state index in [4.69, 9.17) is 20.9 Å². The summed E-state index contributed by atoms with van der Waals surface area (Å²) in [6.45, 7) is 0. The molecule has 9 aromatic rings. The van der Waals surface area contributed by atoms with Crippen molar-refractivity contribution in [3.05, 3.63) is 157 Å². The van der Waals surface area contributed by atoms with Gasteiger partial charge in [-0.15, -0.1) is 0 Å². The molecule has 0 unspecified atom stereocenters. The molecule has 0 aliphatic carbocycles. The first kappa shape index (κ1) is 15.0. The Bertz CT molecular complexity index is 3090. The Hall–Kier alpha value is -5.66. The summed E-state index contributed by atoms with van der Waals surface area (Å²) in [7, 11) is 0. The van der Waals surface area contributed by atoms with Crippen molar-refractivity contribution in [3.8, 4) is 33.4 Å². The highest BCUT2D eigenvalue weighted by Crippen LogP contribution is 2.46. The molecule has 0 saturated carbocycles. The first-order chi connectivity index (χ1) is 26.3. The minimum absolute atomic E-state index is 0.0201. The molecule has 1 heteroatoms. The molecule has 0 fully saturated rings. The molecule has 8 aromatic carbocycles. The van der Waals surface area contributed by atoms with Gasteiger partial charge in [-0.3, -0.25) is 0 Å². The van der Waals surface area contributed by atoms with Gasteiger partial charge in [0.1, 0.15) is 11.2 Å². The fraction of sp³-hybridized carbons (Fsp3) is 0. The normalized spacial score (nSPS) is 15.6. The molecular formula is C42H26O. The highest BCUT2D eigenvalue weighted by Gasteiger charge is 2.19. The zero-order valence-corrected chi connectivity index (χ0v) is 22.5. The van der Waals surface area contributed by atoms with Crippen molar-refractivity contribution in [2.45, 2.75) is 0 Å². The number of fused-ring (bicyclic) bond motifs is 6. The molecule has 0 atom stereocenters. The van der Waals surface area contributed by atoms with Gasteiger partial charge in [0.15, 0.2) is 0 Å². The maximum absolute atomic E-state index is 9.16. The van der Waals surface area contributed by atoms with Gasteiger partial charge in [0.05, 0.1) is 16.4 Å². The molecule has 1 aromatic heterocycles. The van der Waals surface area contributed by atoms with Crippen LogP contribution in [0.5, 0.6) is 0 Å². The summed E-state index contributed by atoms with van der Waals surface area (Å²) in [4.78, 5) is 0. The van der Waals surface area contributed by atoms with Crippen LogP contribution < -0.4 is 0 Å². The number of rotatable bonds is 3. The largest absolute Gasteiger partial charge is 0.456 e. The lowest BCUT2D eigenvalue weighted by Crippen LogP contribution is -1.91. The molecule has 0 saturated heterocycles. The van der Waals surface area contributed by atoms with Gasteiger partial charge in [-0.2, -0.15) is 0 Å². The number of hydrogen-bond acceptors (Lipinski definition) is 1. The number of benzene rings is 8. The Morgan fingerprint density at radius 1 is 0.395 bits per heavy atom. The minimum Gasteiger partial charge on any atom is -0.456 e. The SMILES string of the molecule is [2H]c1c([2H])c([2H])c(-c2ccc3oc4cc(-c5c6ccccc6c(-c6c([2H])c([2H])c([2H])c7c([2H])c([2H])c([2H])c([2H])c67)c6ccccc56)ccc4c3c2)c([2H])c1[2H]. The number of hydrogen-bond donors (Lipinski definition) is 0. The summed E-state index contributed by atoms with van der Waals surface area (Å²) in [5.74, 6) is 0. The van der Waals surface area contributed by atoms with Crippen LogP contribution in [0.15, 0.2) is 162 Å². The lowest BCUT2D eigenvalue weighted by Gasteiger charge is -2.18. The van der Waals surface area contributed by atoms with Crippen molar-refractivity contribution < 1.29 is 20.9 Å². The van der Waals surface area contributed by atoms with E-state index in [1.165, 1.54) is 0 Å². The van der Waals surface area contributed by atoms with Crippen molar-refractivity contribution in [2.24, 2.45) is 0 Å². The van der Waals surface area contributed by atoms with E-state index in [0.717, 1.165) is 27.3 Å². The first-order valence-electron chi connectivity index (χ1n) is 19.8. The quantitative estimate of drug-likeness (QED) is 0.197. The molecule has 0 aliphatic heterocycles. The summed E-state index contributed by atoms with van der Waals surface area (Å²) in [5.41, 5.74) is 4.00. The summed E-state index contributed by atoms with van der Waals surface area (Å²) in [6, 6.07) is 21.3. The van der Waals surface area contributed by atoms with E-state index in [1.807, 2.05) is 66.7 Å². The Balaban J connectivity index is 1.32. The third kappa shape index (κ3) is 3.72. The highest BCUT2D eigenvalue weighted by molar-refractivity contribution is 6.24. The molecule has 43 heavy (non-hydrogen) atoms. The van der Waals surface area contributed by atoms with E-state index in [-0.39, 0.29) is 46.1 Å². The second-order valence-corrected chi connectivity index (χ2v) is 10.4. The average molecular weight is 559 g/mol. The van der Waals surface area contributed by atoms with Gasteiger partial charge in [0, 0.05) is 10.8 Å². The molecule has 9 rings (SSSR count). The Kier molecular flexibility index (Phi) is 3.29. The molecule has 0 radical (unpaired) electrons. The van der Waals surface area contributed by atoms with Gasteiger partial charge in [-0.25, -0.2) is 0 Å². The van der Waals surface area contributed by atoms with Crippen molar-refractivity contribution in [3.63, 3.8) is 0 Å². The minimum atomic E-state index is -0.509. The lowest BCUT2D eigenvalue weighted by atomic mass is 9.84. The smallest absolute Gasteiger partial charge is 0.136 e. The third-order valence-electron chi connectivity index (χ3n) is 8.04. The van der Waals surface area contributed by atoms with Crippen LogP contribution in [-0.4, -0.2) is 0 Å². The predicted molar refractivity (Wildman–Crippen MR) is 183 cm³/mol. The summed E-state index contributed by atoms with van der Waals surface area (Å²) >= 11 is 0. The Labute approximate surface area is 266 Å². The second kappa shape index (κ2) is 9.44. The van der Waals surface area contributed by atoms with E-state index in [1.54, 1.807) is 18.2 Å². The third-order valence-corrected chi connectivity index (χ3v) is 8.04. The molecule has 0 N–H and O–H groups in total. The summed E-state index contributed by atoms with van der Waals surface area (Å²) in [5, 5.41) is 4.31. The summed E-state index contributed by atoms with van der Waals surface area (Å²) in [6.07, 6.45) is 0. The summed E-state index contributed by atoms with van der Waals surface area (Å²) < 4.78 is 109. The van der Waals surface area contributed by atoms with Crippen molar-refractivity contribution in [2.75, 3.05) is 0 Å². The number of furan rings is 1. The Morgan fingerprint density at radius 3 is 1.81 bits per heavy atom. The average Bonchev–Trinajstić information content (AvgIpc) is 3.56. The van der Waals surface area contributed by atoms with Crippen LogP contribution in [0.4, 0.5) is 0 Å². The molecular weight excluding hydrogens is 520 g/mol. The van der Waals surface area contributed by atoms with Gasteiger partial charge in [-0.05, 0) is 90.0 Å². The molecule has 1 nitrogen and oxygen atoms in total. The maximum atomic E-state index is 9.16. The maximum Gasteiger partial charge on any atom is 0.136 e. The van der Waals surface area contributed by atoms with Crippen LogP contribution in [0.2, 0.25) is 0 Å². The van der Waals surface area contributed by atoms with Crippen LogP contribution in [0.1, 0.15) is 16.4 Å². The highest BCUT2D eigenvalue weighted by atomic mass is 16.3. The van der Waals surface area contributed by atoms with E-state index >= 15 is 0 Å². The predicted octanol–water partition coefficient (Wildman–Crippen LogP) is 12.0. The van der Waals surface area contributed by atoms with Crippen LogP contribution in [0, 0.1) is 0 Å². The van der Waals surface area contributed by atoms with Crippen LogP contribution in [0.3, 0.4) is 0 Å². The lowest BCUT2D eigenvalue weighted by molar-refractivity contribution is 0.669. The van der Waals surface area contributed by atoms with Crippen molar-refractivity contribution in [1.29, 1.82) is 0 Å². The molecule has 0 bridgehead atoms. The van der Waals surface area contributed by atoms with E-state index in [9.17, 15) is 0 Å². The molecule has 0 aliphatic rings. The molecule has 200 valence electrons. The zero-order chi connectivity index (χ0) is 38.8. The van der Waals surface area contributed by atoms with E-state index in [2.05, 4.69) is 0 Å². The van der Waals surface area contributed by atoms with Gasteiger partial charge < -0.3 is 4.42 Å². The molecule has 0 amide bonds. The van der Waals surface area contributed by atoms with E-state index in [0.29, 0.717) is 38.5 Å². The molecule has 0 spiro atoms. The Morgan fingerprint density at radius 2 is 1.05 bits per heavy atom. The standard InChI is InChI=1S/C42H26O/c1-2-11-27(12-3-1)29-22-24-39-38(25-29)32-23-21-30(26-40(32)43-39)41-34-16-6-8-18-36(34)42(37-19-9-7-17-35(37)41)33-20-10-14-28-13-4-5-15-31(28)33/h1-26H/i1D,2D,3D,4D,5D,10D,11D,12D,13D,14D,15D,20D. The van der Waals surface area contributed by atoms with Crippen LogP contribution >= 0.6 is 0 Å². The fourth-order valence-corrected chi connectivity index (χ4v) is 6.19.